The van der Waals surface area contributed by atoms with Gasteiger partial charge in [-0.1, -0.05) is 46.4 Å². The lowest BCUT2D eigenvalue weighted by Crippen LogP contribution is -2.00. The monoisotopic (exact) mass is 801 g/mol. The molecular formula is C14H4Br6Cl4O. The molecule has 0 fully saturated rings. The van der Waals surface area contributed by atoms with E-state index in [2.05, 4.69) is 95.6 Å². The fourth-order valence-corrected chi connectivity index (χ4v) is 6.53. The summed E-state index contributed by atoms with van der Waals surface area (Å²) in [6.07, 6.45) is 0. The highest BCUT2D eigenvalue weighted by Crippen LogP contribution is 2.46. The molecule has 25 heavy (non-hydrogen) atoms. The summed E-state index contributed by atoms with van der Waals surface area (Å²) >= 11 is 45.7. The first kappa shape index (κ1) is 23.7. The third-order valence-electron chi connectivity index (χ3n) is 3.09. The highest BCUT2D eigenvalue weighted by Gasteiger charge is 2.20. The summed E-state index contributed by atoms with van der Waals surface area (Å²) in [4.78, 5) is 0. The maximum Gasteiger partial charge on any atom is 0.0747 e. The van der Waals surface area contributed by atoms with Gasteiger partial charge in [0.05, 0.1) is 51.2 Å². The molecule has 0 heterocycles. The van der Waals surface area contributed by atoms with Gasteiger partial charge >= 0.3 is 0 Å². The molecule has 0 amide bonds. The molecule has 1 nitrogen and oxygen atoms in total. The molecule has 136 valence electrons. The van der Waals surface area contributed by atoms with E-state index < -0.39 is 0 Å². The molecule has 0 radical (unpaired) electrons. The molecule has 0 spiro atoms. The number of ether oxygens (including phenoxy) is 1. The first-order valence-electron chi connectivity index (χ1n) is 6.17. The zero-order chi connectivity index (χ0) is 19.0. The molecule has 0 bridgehead atoms. The second-order valence-corrected chi connectivity index (χ2v) is 10.9. The Morgan fingerprint density at radius 1 is 0.480 bits per heavy atom. The Bertz CT molecular complexity index is 731. The minimum atomic E-state index is 0.244. The maximum absolute atomic E-state index is 6.36. The maximum atomic E-state index is 6.36. The topological polar surface area (TPSA) is 9.23 Å². The molecule has 0 N–H and O–H groups in total. The van der Waals surface area contributed by atoms with Crippen molar-refractivity contribution in [1.29, 1.82) is 0 Å². The third-order valence-corrected chi connectivity index (χ3v) is 12.0. The van der Waals surface area contributed by atoms with Gasteiger partial charge in [-0.15, -0.1) is 0 Å². The summed E-state index contributed by atoms with van der Waals surface area (Å²) in [5.41, 5.74) is 1.51. The standard InChI is InChI=1S/C14H4Br6Cl4O/c15-5-3(11(21)9(19)13(23)7(5)17)1-25-2-4-6(16)8(18)14(24)10(20)12(4)22/h1-2H2. The lowest BCUT2D eigenvalue weighted by atomic mass is 10.2. The van der Waals surface area contributed by atoms with Crippen LogP contribution in [0.5, 0.6) is 0 Å². The van der Waals surface area contributed by atoms with Crippen LogP contribution >= 0.6 is 142 Å². The van der Waals surface area contributed by atoms with E-state index in [-0.39, 0.29) is 13.2 Å². The normalized spacial score (nSPS) is 11.3. The molecule has 0 unspecified atom stereocenters. The predicted octanol–water partition coefficient (Wildman–Crippen LogP) is 10.6. The van der Waals surface area contributed by atoms with Crippen LogP contribution in [0.4, 0.5) is 0 Å². The SMILES string of the molecule is Clc1c(Br)c(Cl)c(COCc2c(Cl)c(Br)c(Cl)c(Br)c2Br)c(Br)c1Br. The minimum Gasteiger partial charge on any atom is -0.372 e. The van der Waals surface area contributed by atoms with Gasteiger partial charge < -0.3 is 4.74 Å². The third kappa shape index (κ3) is 4.96. The first-order valence-corrected chi connectivity index (χ1v) is 12.4. The largest absolute Gasteiger partial charge is 0.372 e. The van der Waals surface area contributed by atoms with Gasteiger partial charge in [0.15, 0.2) is 0 Å². The van der Waals surface area contributed by atoms with E-state index in [0.29, 0.717) is 38.0 Å². The predicted molar refractivity (Wildman–Crippen MR) is 128 cm³/mol. The van der Waals surface area contributed by atoms with Crippen LogP contribution in [0.3, 0.4) is 0 Å². The molecule has 2 rings (SSSR count). The van der Waals surface area contributed by atoms with Crippen LogP contribution in [0.2, 0.25) is 20.1 Å². The summed E-state index contributed by atoms with van der Waals surface area (Å²) in [5.74, 6) is 0. The Morgan fingerprint density at radius 3 is 1.12 bits per heavy atom. The van der Waals surface area contributed by atoms with Crippen molar-refractivity contribution < 1.29 is 4.74 Å². The van der Waals surface area contributed by atoms with Gasteiger partial charge in [0, 0.05) is 20.1 Å². The van der Waals surface area contributed by atoms with Crippen LogP contribution in [0.15, 0.2) is 26.8 Å². The highest BCUT2D eigenvalue weighted by molar-refractivity contribution is 9.13. The Labute approximate surface area is 215 Å². The zero-order valence-electron chi connectivity index (χ0n) is 11.6. The van der Waals surface area contributed by atoms with E-state index in [0.717, 1.165) is 20.1 Å². The lowest BCUT2D eigenvalue weighted by Gasteiger charge is -2.16. The van der Waals surface area contributed by atoms with Crippen LogP contribution in [0.1, 0.15) is 11.1 Å². The smallest absolute Gasteiger partial charge is 0.0747 e. The van der Waals surface area contributed by atoms with Crippen LogP contribution in [0.25, 0.3) is 0 Å². The molecular weight excluding hydrogens is 805 g/mol. The van der Waals surface area contributed by atoms with Crippen molar-refractivity contribution in [2.24, 2.45) is 0 Å². The van der Waals surface area contributed by atoms with E-state index in [1.807, 2.05) is 0 Å². The molecule has 0 aliphatic carbocycles. The fourth-order valence-electron chi connectivity index (χ4n) is 1.81. The summed E-state index contributed by atoms with van der Waals surface area (Å²) in [6.45, 7) is 0.489. The van der Waals surface area contributed by atoms with Gasteiger partial charge in [0.1, 0.15) is 0 Å². The van der Waals surface area contributed by atoms with Crippen molar-refractivity contribution in [3.63, 3.8) is 0 Å². The van der Waals surface area contributed by atoms with Crippen LogP contribution < -0.4 is 0 Å². The number of rotatable bonds is 4. The fraction of sp³-hybridized carbons (Fsp3) is 0.143. The van der Waals surface area contributed by atoms with Crippen LogP contribution in [0, 0.1) is 0 Å². The second-order valence-electron chi connectivity index (χ2n) is 4.59. The average molecular weight is 809 g/mol. The quantitative estimate of drug-likeness (QED) is 0.221. The van der Waals surface area contributed by atoms with Gasteiger partial charge in [-0.05, 0) is 95.6 Å². The lowest BCUT2D eigenvalue weighted by molar-refractivity contribution is 0.106. The molecule has 0 atom stereocenters. The molecule has 0 saturated heterocycles. The number of halogens is 10. The van der Waals surface area contributed by atoms with Gasteiger partial charge in [0.2, 0.25) is 0 Å². The van der Waals surface area contributed by atoms with Crippen LogP contribution in [-0.2, 0) is 18.0 Å². The van der Waals surface area contributed by atoms with Gasteiger partial charge in [-0.2, -0.15) is 0 Å². The Balaban J connectivity index is 2.29. The molecule has 2 aromatic carbocycles. The highest BCUT2D eigenvalue weighted by atomic mass is 79.9. The second kappa shape index (κ2) is 9.96. The summed E-state index contributed by atoms with van der Waals surface area (Å²) in [6, 6.07) is 0. The van der Waals surface area contributed by atoms with E-state index in [1.54, 1.807) is 0 Å². The Morgan fingerprint density at radius 2 is 0.800 bits per heavy atom. The minimum absolute atomic E-state index is 0.244. The van der Waals surface area contributed by atoms with Crippen LogP contribution in [-0.4, -0.2) is 0 Å². The van der Waals surface area contributed by atoms with Gasteiger partial charge in [-0.25, -0.2) is 0 Å². The molecule has 0 aliphatic rings. The van der Waals surface area contributed by atoms with Crippen molar-refractivity contribution in [3.8, 4) is 0 Å². The first-order chi connectivity index (χ1) is 11.6. The molecule has 2 aromatic rings. The summed E-state index contributed by atoms with van der Waals surface area (Å²) < 4.78 is 9.88. The average Bonchev–Trinajstić information content (AvgIpc) is 2.60. The molecule has 0 aliphatic heterocycles. The molecule has 0 aromatic heterocycles. The van der Waals surface area contributed by atoms with Gasteiger partial charge in [0.25, 0.3) is 0 Å². The zero-order valence-corrected chi connectivity index (χ0v) is 24.1. The van der Waals surface area contributed by atoms with E-state index in [9.17, 15) is 0 Å². The van der Waals surface area contributed by atoms with Crippen molar-refractivity contribution >= 4 is 142 Å². The van der Waals surface area contributed by atoms with E-state index in [4.69, 9.17) is 51.1 Å². The van der Waals surface area contributed by atoms with Crippen molar-refractivity contribution in [2.75, 3.05) is 0 Å². The van der Waals surface area contributed by atoms with E-state index >= 15 is 0 Å². The van der Waals surface area contributed by atoms with Crippen molar-refractivity contribution in [1.82, 2.24) is 0 Å². The number of hydrogen-bond donors (Lipinski definition) is 0. The Hall–Kier alpha value is 2.44. The summed E-state index contributed by atoms with van der Waals surface area (Å²) in [5, 5.41) is 1.92. The molecule has 11 heteroatoms. The summed E-state index contributed by atoms with van der Waals surface area (Å²) in [7, 11) is 0. The van der Waals surface area contributed by atoms with Crippen molar-refractivity contribution in [2.45, 2.75) is 13.2 Å². The number of hydrogen-bond acceptors (Lipinski definition) is 1. The van der Waals surface area contributed by atoms with Gasteiger partial charge in [-0.3, -0.25) is 0 Å². The molecule has 0 saturated carbocycles. The van der Waals surface area contributed by atoms with E-state index in [1.165, 1.54) is 0 Å². The van der Waals surface area contributed by atoms with Crippen molar-refractivity contribution in [3.05, 3.63) is 58.1 Å². The number of benzene rings is 2. The Kier molecular flexibility index (Phi) is 9.45.